The number of hydrogen-bond acceptors (Lipinski definition) is 4. The van der Waals surface area contributed by atoms with Gasteiger partial charge in [-0.1, -0.05) is 60.7 Å². The molecule has 6 nitrogen and oxygen atoms in total. The van der Waals surface area contributed by atoms with Crippen LogP contribution in [0.25, 0.3) is 0 Å². The highest BCUT2D eigenvalue weighted by Crippen LogP contribution is 2.36. The molecule has 176 valence electrons. The SMILES string of the molecule is NC(=NCCC[C@H](NC(=O)c1ccc(C(c2ccccc2)c2ccccc2)s1)C(=O)O)C1CC1. The van der Waals surface area contributed by atoms with Crippen LogP contribution in [0.15, 0.2) is 77.8 Å². The van der Waals surface area contributed by atoms with Crippen LogP contribution < -0.4 is 11.1 Å². The van der Waals surface area contributed by atoms with Crippen LogP contribution in [0.2, 0.25) is 0 Å². The number of hydrogen-bond donors (Lipinski definition) is 3. The standard InChI is InChI=1S/C27H29N3O3S/c28-25(20-13-14-20)29-17-7-12-21(27(32)33)30-26(31)23-16-15-22(34-23)24(18-8-3-1-4-9-18)19-10-5-2-6-11-19/h1-6,8-11,15-16,20-21,24H,7,12-14,17H2,(H2,28,29)(H,30,31)(H,32,33)/t21-/m0/s1. The number of amidine groups is 1. The molecule has 0 saturated heterocycles. The fourth-order valence-corrected chi connectivity index (χ4v) is 5.01. The molecule has 2 aromatic carbocycles. The van der Waals surface area contributed by atoms with Crippen LogP contribution in [0.3, 0.4) is 0 Å². The minimum Gasteiger partial charge on any atom is -0.480 e. The normalized spacial score (nSPS) is 14.7. The molecule has 1 aromatic heterocycles. The second-order valence-electron chi connectivity index (χ2n) is 8.54. The number of carboxylic acid groups (broad SMARTS) is 1. The van der Waals surface area contributed by atoms with E-state index in [1.54, 1.807) is 6.07 Å². The van der Waals surface area contributed by atoms with Crippen molar-refractivity contribution in [1.82, 2.24) is 5.32 Å². The molecule has 0 aliphatic heterocycles. The zero-order chi connectivity index (χ0) is 23.9. The first-order chi connectivity index (χ1) is 16.5. The van der Waals surface area contributed by atoms with Crippen LogP contribution in [0.4, 0.5) is 0 Å². The number of carboxylic acids is 1. The molecule has 1 heterocycles. The molecule has 1 saturated carbocycles. The number of benzene rings is 2. The summed E-state index contributed by atoms with van der Waals surface area (Å²) in [5.74, 6) is -0.355. The molecule has 1 amide bonds. The lowest BCUT2D eigenvalue weighted by molar-refractivity contribution is -0.139. The molecular formula is C27H29N3O3S. The summed E-state index contributed by atoms with van der Waals surface area (Å²) in [5.41, 5.74) is 8.16. The van der Waals surface area contributed by atoms with Gasteiger partial charge in [-0.3, -0.25) is 9.79 Å². The summed E-state index contributed by atoms with van der Waals surface area (Å²) in [4.78, 5) is 30.5. The molecule has 34 heavy (non-hydrogen) atoms. The quantitative estimate of drug-likeness (QED) is 0.213. The number of amides is 1. The number of aliphatic carboxylic acids is 1. The second kappa shape index (κ2) is 11.1. The predicted octanol–water partition coefficient (Wildman–Crippen LogP) is 4.66. The molecular weight excluding hydrogens is 446 g/mol. The monoisotopic (exact) mass is 475 g/mol. The van der Waals surface area contributed by atoms with E-state index in [-0.39, 0.29) is 11.8 Å². The average molecular weight is 476 g/mol. The van der Waals surface area contributed by atoms with Crippen molar-refractivity contribution in [1.29, 1.82) is 0 Å². The summed E-state index contributed by atoms with van der Waals surface area (Å²) >= 11 is 1.39. The van der Waals surface area contributed by atoms with E-state index in [1.807, 2.05) is 42.5 Å². The summed E-state index contributed by atoms with van der Waals surface area (Å²) < 4.78 is 0. The minimum absolute atomic E-state index is 0.000918. The van der Waals surface area contributed by atoms with Gasteiger partial charge in [0.25, 0.3) is 5.91 Å². The summed E-state index contributed by atoms with van der Waals surface area (Å²) in [6.07, 6.45) is 3.02. The Bertz CT molecular complexity index is 1100. The van der Waals surface area contributed by atoms with E-state index in [0.29, 0.717) is 36.0 Å². The van der Waals surface area contributed by atoms with Crippen LogP contribution >= 0.6 is 11.3 Å². The Hall–Kier alpha value is -3.45. The average Bonchev–Trinajstić information content (AvgIpc) is 3.60. The van der Waals surface area contributed by atoms with Crippen molar-refractivity contribution in [2.75, 3.05) is 6.54 Å². The predicted molar refractivity (Wildman–Crippen MR) is 135 cm³/mol. The second-order valence-corrected chi connectivity index (χ2v) is 9.66. The fourth-order valence-electron chi connectivity index (χ4n) is 3.94. The van der Waals surface area contributed by atoms with E-state index in [9.17, 15) is 14.7 Å². The molecule has 4 rings (SSSR count). The number of nitrogens with two attached hydrogens (primary N) is 1. The van der Waals surface area contributed by atoms with Crippen molar-refractivity contribution in [3.05, 3.63) is 93.7 Å². The zero-order valence-corrected chi connectivity index (χ0v) is 19.7. The molecule has 7 heteroatoms. The molecule has 0 spiro atoms. The number of carbonyl (C=O) groups excluding carboxylic acids is 1. The maximum Gasteiger partial charge on any atom is 0.326 e. The summed E-state index contributed by atoms with van der Waals surface area (Å²) in [6.45, 7) is 0.473. The van der Waals surface area contributed by atoms with Crippen molar-refractivity contribution in [3.8, 4) is 0 Å². The lowest BCUT2D eigenvalue weighted by atomic mass is 9.90. The number of nitrogens with one attached hydrogen (secondary N) is 1. The molecule has 0 radical (unpaired) electrons. The molecule has 4 N–H and O–H groups in total. The van der Waals surface area contributed by atoms with Gasteiger partial charge in [-0.05, 0) is 48.9 Å². The Labute approximate surface area is 203 Å². The van der Waals surface area contributed by atoms with Crippen LogP contribution in [-0.2, 0) is 4.79 Å². The summed E-state index contributed by atoms with van der Waals surface area (Å²) in [5, 5.41) is 12.3. The molecule has 1 aliphatic rings. The highest BCUT2D eigenvalue weighted by molar-refractivity contribution is 7.14. The van der Waals surface area contributed by atoms with Crippen LogP contribution in [0.5, 0.6) is 0 Å². The van der Waals surface area contributed by atoms with E-state index in [2.05, 4.69) is 34.6 Å². The van der Waals surface area contributed by atoms with Crippen molar-refractivity contribution in [3.63, 3.8) is 0 Å². The Morgan fingerprint density at radius 3 is 2.18 bits per heavy atom. The minimum atomic E-state index is -1.05. The van der Waals surface area contributed by atoms with Crippen molar-refractivity contribution >= 4 is 29.0 Å². The zero-order valence-electron chi connectivity index (χ0n) is 18.9. The number of aliphatic imine (C=N–C) groups is 1. The molecule has 1 fully saturated rings. The molecule has 1 aliphatic carbocycles. The molecule has 1 atom stereocenters. The molecule has 0 bridgehead atoms. The largest absolute Gasteiger partial charge is 0.480 e. The van der Waals surface area contributed by atoms with Gasteiger partial charge >= 0.3 is 5.97 Å². The summed E-state index contributed by atoms with van der Waals surface area (Å²) in [6, 6.07) is 23.1. The smallest absolute Gasteiger partial charge is 0.326 e. The first-order valence-corrected chi connectivity index (χ1v) is 12.4. The number of thiophene rings is 1. The third-order valence-electron chi connectivity index (χ3n) is 5.95. The van der Waals surface area contributed by atoms with Gasteiger partial charge in [0.1, 0.15) is 6.04 Å². The number of rotatable bonds is 11. The van der Waals surface area contributed by atoms with E-state index >= 15 is 0 Å². The van der Waals surface area contributed by atoms with Gasteiger partial charge < -0.3 is 16.2 Å². The highest BCUT2D eigenvalue weighted by atomic mass is 32.1. The highest BCUT2D eigenvalue weighted by Gasteiger charge is 2.26. The molecule has 3 aromatic rings. The first-order valence-electron chi connectivity index (χ1n) is 11.6. The molecule has 0 unspecified atom stereocenters. The van der Waals surface area contributed by atoms with E-state index < -0.39 is 12.0 Å². The van der Waals surface area contributed by atoms with Gasteiger partial charge in [0, 0.05) is 23.3 Å². The Kier molecular flexibility index (Phi) is 7.75. The topological polar surface area (TPSA) is 105 Å². The van der Waals surface area contributed by atoms with Gasteiger partial charge in [-0.2, -0.15) is 0 Å². The number of carbonyl (C=O) groups is 2. The van der Waals surface area contributed by atoms with Gasteiger partial charge in [0.05, 0.1) is 10.7 Å². The Morgan fingerprint density at radius 2 is 1.62 bits per heavy atom. The van der Waals surface area contributed by atoms with Gasteiger partial charge in [-0.25, -0.2) is 4.79 Å². The van der Waals surface area contributed by atoms with E-state index in [4.69, 9.17) is 5.73 Å². The van der Waals surface area contributed by atoms with Crippen molar-refractivity contribution < 1.29 is 14.7 Å². The lowest BCUT2D eigenvalue weighted by Gasteiger charge is -2.17. The van der Waals surface area contributed by atoms with Gasteiger partial charge in [-0.15, -0.1) is 11.3 Å². The fraction of sp³-hybridized carbons (Fsp3) is 0.296. The Balaban J connectivity index is 1.44. The Morgan fingerprint density at radius 1 is 1.00 bits per heavy atom. The lowest BCUT2D eigenvalue weighted by Crippen LogP contribution is -2.40. The van der Waals surface area contributed by atoms with E-state index in [0.717, 1.165) is 28.8 Å². The van der Waals surface area contributed by atoms with E-state index in [1.165, 1.54) is 11.3 Å². The maximum absolute atomic E-state index is 12.9. The van der Waals surface area contributed by atoms with Crippen LogP contribution in [0, 0.1) is 5.92 Å². The third kappa shape index (κ3) is 6.11. The first kappa shape index (κ1) is 23.7. The summed E-state index contributed by atoms with van der Waals surface area (Å²) in [7, 11) is 0. The third-order valence-corrected chi connectivity index (χ3v) is 7.09. The van der Waals surface area contributed by atoms with Crippen LogP contribution in [0.1, 0.15) is 57.3 Å². The van der Waals surface area contributed by atoms with Crippen molar-refractivity contribution in [2.45, 2.75) is 37.6 Å². The maximum atomic E-state index is 12.9. The number of nitrogens with zero attached hydrogens (tertiary/aromatic N) is 1. The van der Waals surface area contributed by atoms with Crippen molar-refractivity contribution in [2.24, 2.45) is 16.6 Å². The van der Waals surface area contributed by atoms with Crippen LogP contribution in [-0.4, -0.2) is 35.4 Å². The van der Waals surface area contributed by atoms with Gasteiger partial charge in [0.2, 0.25) is 0 Å². The van der Waals surface area contributed by atoms with Gasteiger partial charge in [0.15, 0.2) is 0 Å².